The van der Waals surface area contributed by atoms with E-state index >= 15 is 0 Å². The summed E-state index contributed by atoms with van der Waals surface area (Å²) in [5.74, 6) is 1.57. The van der Waals surface area contributed by atoms with E-state index in [-0.39, 0.29) is 6.61 Å². The van der Waals surface area contributed by atoms with Gasteiger partial charge in [0.25, 0.3) is 0 Å². The van der Waals surface area contributed by atoms with Crippen molar-refractivity contribution in [3.05, 3.63) is 91.6 Å². The first-order chi connectivity index (χ1) is 16.0. The molecular formula is C23H19Cl3N4O2S. The Kier molecular flexibility index (Phi) is 7.45. The molecule has 0 saturated heterocycles. The normalized spacial score (nSPS) is 10.8. The van der Waals surface area contributed by atoms with Crippen molar-refractivity contribution in [1.82, 2.24) is 14.9 Å². The van der Waals surface area contributed by atoms with Crippen LogP contribution in [0.5, 0.6) is 11.5 Å². The first kappa shape index (κ1) is 23.4. The van der Waals surface area contributed by atoms with Crippen LogP contribution in [-0.4, -0.2) is 22.0 Å². The van der Waals surface area contributed by atoms with Crippen LogP contribution in [-0.2, 0) is 13.2 Å². The molecule has 0 spiro atoms. The fourth-order valence-electron chi connectivity index (χ4n) is 3.22. The van der Waals surface area contributed by atoms with Gasteiger partial charge in [-0.1, -0.05) is 71.2 Å². The van der Waals surface area contributed by atoms with Gasteiger partial charge in [-0.2, -0.15) is 5.10 Å². The van der Waals surface area contributed by atoms with Gasteiger partial charge < -0.3 is 14.9 Å². The third-order valence-electron chi connectivity index (χ3n) is 4.86. The maximum atomic E-state index is 6.53. The lowest BCUT2D eigenvalue weighted by Gasteiger charge is -2.16. The third kappa shape index (κ3) is 5.28. The van der Waals surface area contributed by atoms with Crippen molar-refractivity contribution in [1.29, 1.82) is 0 Å². The van der Waals surface area contributed by atoms with Gasteiger partial charge in [0.1, 0.15) is 6.61 Å². The molecule has 2 N–H and O–H groups in total. The Balaban J connectivity index is 1.53. The Morgan fingerprint density at radius 1 is 1.00 bits per heavy atom. The summed E-state index contributed by atoms with van der Waals surface area (Å²) in [6.07, 6.45) is 0. The number of hydrogen-bond donors (Lipinski definition) is 2. The molecule has 1 heterocycles. The summed E-state index contributed by atoms with van der Waals surface area (Å²) >= 11 is 24.4. The Morgan fingerprint density at radius 3 is 2.42 bits per heavy atom. The number of ether oxygens (including phenoxy) is 2. The van der Waals surface area contributed by atoms with Gasteiger partial charge >= 0.3 is 0 Å². The van der Waals surface area contributed by atoms with E-state index < -0.39 is 0 Å². The van der Waals surface area contributed by atoms with Gasteiger partial charge in [-0.3, -0.25) is 0 Å². The molecule has 0 radical (unpaired) electrons. The van der Waals surface area contributed by atoms with Crippen LogP contribution < -0.4 is 14.9 Å². The Bertz CT molecular complexity index is 1310. The number of halogens is 3. The highest BCUT2D eigenvalue weighted by Gasteiger charge is 2.15. The first-order valence-electron chi connectivity index (χ1n) is 9.86. The van der Waals surface area contributed by atoms with E-state index in [2.05, 4.69) is 15.6 Å². The molecule has 0 bridgehead atoms. The molecule has 170 valence electrons. The van der Waals surface area contributed by atoms with Gasteiger partial charge in [0.05, 0.1) is 18.7 Å². The molecule has 10 heteroatoms. The monoisotopic (exact) mass is 520 g/mol. The number of benzene rings is 3. The van der Waals surface area contributed by atoms with Crippen molar-refractivity contribution >= 4 is 47.0 Å². The van der Waals surface area contributed by atoms with E-state index in [0.717, 1.165) is 11.1 Å². The van der Waals surface area contributed by atoms with E-state index in [1.54, 1.807) is 36.1 Å². The van der Waals surface area contributed by atoms with Crippen LogP contribution in [0.1, 0.15) is 11.1 Å². The lowest BCUT2D eigenvalue weighted by Crippen LogP contribution is -2.16. The minimum absolute atomic E-state index is 0.150. The van der Waals surface area contributed by atoms with E-state index in [1.165, 1.54) is 0 Å². The van der Waals surface area contributed by atoms with Crippen LogP contribution >= 0.6 is 47.0 Å². The molecule has 0 aliphatic rings. The number of aromatic amines is 1. The third-order valence-corrected chi connectivity index (χ3v) is 6.12. The molecule has 0 aliphatic carbocycles. The summed E-state index contributed by atoms with van der Waals surface area (Å²) < 4.78 is 13.6. The Hall–Kier alpha value is -2.71. The van der Waals surface area contributed by atoms with Crippen molar-refractivity contribution in [2.24, 2.45) is 0 Å². The molecule has 6 nitrogen and oxygen atoms in total. The zero-order valence-corrected chi connectivity index (χ0v) is 20.5. The predicted molar refractivity (Wildman–Crippen MR) is 135 cm³/mol. The highest BCUT2D eigenvalue weighted by Crippen LogP contribution is 2.38. The van der Waals surface area contributed by atoms with Crippen LogP contribution in [0.15, 0.2) is 60.7 Å². The highest BCUT2D eigenvalue weighted by atomic mass is 35.5. The number of nitrogens with zero attached hydrogens (tertiary/aromatic N) is 2. The average molecular weight is 522 g/mol. The second-order valence-corrected chi connectivity index (χ2v) is 8.59. The molecule has 0 aliphatic heterocycles. The summed E-state index contributed by atoms with van der Waals surface area (Å²) in [7, 11) is 1.55. The average Bonchev–Trinajstić information content (AvgIpc) is 3.18. The van der Waals surface area contributed by atoms with Gasteiger partial charge in [-0.25, -0.2) is 9.77 Å². The minimum Gasteiger partial charge on any atom is -0.493 e. The summed E-state index contributed by atoms with van der Waals surface area (Å²) in [6, 6.07) is 18.7. The number of H-pyrrole nitrogens is 1. The minimum atomic E-state index is 0.150. The van der Waals surface area contributed by atoms with Gasteiger partial charge in [-0.15, -0.1) is 0 Å². The summed E-state index contributed by atoms with van der Waals surface area (Å²) in [4.78, 5) is 0. The molecule has 0 unspecified atom stereocenters. The zero-order valence-electron chi connectivity index (χ0n) is 17.4. The van der Waals surface area contributed by atoms with Crippen LogP contribution in [0.2, 0.25) is 15.1 Å². The summed E-state index contributed by atoms with van der Waals surface area (Å²) in [6.45, 7) is 0.567. The van der Waals surface area contributed by atoms with Crippen molar-refractivity contribution < 1.29 is 9.47 Å². The molecule has 1 aromatic heterocycles. The molecule has 4 aromatic rings. The van der Waals surface area contributed by atoms with Crippen molar-refractivity contribution in [2.75, 3.05) is 12.5 Å². The van der Waals surface area contributed by atoms with Crippen LogP contribution in [0.25, 0.3) is 11.4 Å². The van der Waals surface area contributed by atoms with Crippen LogP contribution in [0, 0.1) is 4.77 Å². The molecule has 33 heavy (non-hydrogen) atoms. The number of rotatable bonds is 8. The molecule has 0 amide bonds. The lowest BCUT2D eigenvalue weighted by atomic mass is 10.2. The maximum absolute atomic E-state index is 6.53. The van der Waals surface area contributed by atoms with Gasteiger partial charge in [0.2, 0.25) is 4.77 Å². The second-order valence-electron chi connectivity index (χ2n) is 6.99. The van der Waals surface area contributed by atoms with Crippen LogP contribution in [0.3, 0.4) is 0 Å². The van der Waals surface area contributed by atoms with Gasteiger partial charge in [-0.05, 0) is 42.0 Å². The molecule has 0 fully saturated rings. The smallest absolute Gasteiger partial charge is 0.214 e. The predicted octanol–water partition coefficient (Wildman–Crippen LogP) is 6.90. The van der Waals surface area contributed by atoms with E-state index in [9.17, 15) is 0 Å². The Morgan fingerprint density at radius 2 is 1.73 bits per heavy atom. The van der Waals surface area contributed by atoms with Gasteiger partial charge in [0.15, 0.2) is 17.3 Å². The molecule has 4 rings (SSSR count). The van der Waals surface area contributed by atoms with Crippen LogP contribution in [0.4, 0.5) is 0 Å². The SMILES string of the molecule is COc1cc(CNn2c(-c3ccccc3)n[nH]c2=S)cc(Cl)c1OCc1c(Cl)cccc1Cl. The topological polar surface area (TPSA) is 64.1 Å². The largest absolute Gasteiger partial charge is 0.493 e. The highest BCUT2D eigenvalue weighted by molar-refractivity contribution is 7.71. The molecule has 0 saturated carbocycles. The molecule has 3 aromatic carbocycles. The van der Waals surface area contributed by atoms with Gasteiger partial charge in [0, 0.05) is 21.2 Å². The van der Waals surface area contributed by atoms with Crippen molar-refractivity contribution in [3.8, 4) is 22.9 Å². The van der Waals surface area contributed by atoms with Crippen molar-refractivity contribution in [3.63, 3.8) is 0 Å². The second kappa shape index (κ2) is 10.5. The van der Waals surface area contributed by atoms with E-state index in [1.807, 2.05) is 36.4 Å². The fourth-order valence-corrected chi connectivity index (χ4v) is 4.22. The zero-order chi connectivity index (χ0) is 23.4. The molecular weight excluding hydrogens is 503 g/mol. The maximum Gasteiger partial charge on any atom is 0.214 e. The number of aromatic nitrogens is 3. The standard InChI is InChI=1S/C23H19Cl3N4O2S/c1-31-20-11-14(10-19(26)21(20)32-13-16-17(24)8-5-9-18(16)25)12-27-30-22(28-29-23(30)33)15-6-3-2-4-7-15/h2-11,27H,12-13H2,1H3,(H,29,33). The summed E-state index contributed by atoms with van der Waals surface area (Å²) in [5.41, 5.74) is 5.74. The fraction of sp³-hybridized carbons (Fsp3) is 0.130. The lowest BCUT2D eigenvalue weighted by molar-refractivity contribution is 0.284. The quantitative estimate of drug-likeness (QED) is 0.247. The molecule has 0 atom stereocenters. The number of nitrogens with one attached hydrogen (secondary N) is 2. The Labute approximate surface area is 211 Å². The van der Waals surface area contributed by atoms with Crippen molar-refractivity contribution in [2.45, 2.75) is 13.2 Å². The first-order valence-corrected chi connectivity index (χ1v) is 11.4. The summed E-state index contributed by atoms with van der Waals surface area (Å²) in [5, 5.41) is 8.57. The van der Waals surface area contributed by atoms with E-state index in [0.29, 0.717) is 49.3 Å². The number of hydrogen-bond acceptors (Lipinski definition) is 5. The van der Waals surface area contributed by atoms with E-state index in [4.69, 9.17) is 56.5 Å². The number of methoxy groups -OCH3 is 1.